The second-order valence-corrected chi connectivity index (χ2v) is 5.05. The fraction of sp³-hybridized carbons (Fsp3) is 0.357. The number of hydrogen-bond acceptors (Lipinski definition) is 5. The minimum absolute atomic E-state index is 0.00362. The standard InChI is InChI=1S/C14H17N5O/c1-9(20)16-10-6-7-19(8-10)13-11-4-2-3-5-12(11)17-14(15)18-13/h2-5,10H,6-8H2,1H3,(H,16,20)(H2,15,17,18). The monoisotopic (exact) mass is 271 g/mol. The van der Waals surface area contributed by atoms with Gasteiger partial charge in [0, 0.05) is 31.4 Å². The van der Waals surface area contributed by atoms with E-state index < -0.39 is 0 Å². The van der Waals surface area contributed by atoms with Crippen LogP contribution < -0.4 is 16.0 Å². The maximum absolute atomic E-state index is 11.1. The highest BCUT2D eigenvalue weighted by Crippen LogP contribution is 2.27. The maximum Gasteiger partial charge on any atom is 0.222 e. The predicted molar refractivity (Wildman–Crippen MR) is 78.4 cm³/mol. The summed E-state index contributed by atoms with van der Waals surface area (Å²) in [6.07, 6.45) is 0.914. The number of rotatable bonds is 2. The number of benzene rings is 1. The number of anilines is 2. The van der Waals surface area contributed by atoms with Crippen LogP contribution >= 0.6 is 0 Å². The van der Waals surface area contributed by atoms with Crippen molar-refractivity contribution in [1.82, 2.24) is 15.3 Å². The summed E-state index contributed by atoms with van der Waals surface area (Å²) in [6, 6.07) is 7.99. The first kappa shape index (κ1) is 12.7. The van der Waals surface area contributed by atoms with E-state index in [0.29, 0.717) is 0 Å². The number of hydrogen-bond donors (Lipinski definition) is 2. The van der Waals surface area contributed by atoms with Crippen LogP contribution in [-0.4, -0.2) is 35.0 Å². The van der Waals surface area contributed by atoms with Crippen LogP contribution in [0.25, 0.3) is 10.9 Å². The SMILES string of the molecule is CC(=O)NC1CCN(c2nc(N)nc3ccccc23)C1. The van der Waals surface area contributed by atoms with Crippen molar-refractivity contribution >= 4 is 28.6 Å². The second-order valence-electron chi connectivity index (χ2n) is 5.05. The largest absolute Gasteiger partial charge is 0.368 e. The van der Waals surface area contributed by atoms with Crippen molar-refractivity contribution in [2.75, 3.05) is 23.7 Å². The molecule has 2 aromatic rings. The lowest BCUT2D eigenvalue weighted by atomic mass is 10.2. The number of aromatic nitrogens is 2. The van der Waals surface area contributed by atoms with Crippen molar-refractivity contribution < 1.29 is 4.79 Å². The smallest absolute Gasteiger partial charge is 0.222 e. The highest BCUT2D eigenvalue weighted by Gasteiger charge is 2.25. The number of amides is 1. The molecule has 0 saturated carbocycles. The van der Waals surface area contributed by atoms with Crippen LogP contribution in [0.3, 0.4) is 0 Å². The van der Waals surface area contributed by atoms with Crippen molar-refractivity contribution in [2.24, 2.45) is 0 Å². The van der Waals surface area contributed by atoms with Crippen molar-refractivity contribution in [3.8, 4) is 0 Å². The molecule has 1 unspecified atom stereocenters. The van der Waals surface area contributed by atoms with E-state index in [-0.39, 0.29) is 17.9 Å². The first-order valence-electron chi connectivity index (χ1n) is 6.68. The van der Waals surface area contributed by atoms with Crippen LogP contribution in [0.5, 0.6) is 0 Å². The summed E-state index contributed by atoms with van der Waals surface area (Å²) < 4.78 is 0. The summed E-state index contributed by atoms with van der Waals surface area (Å²) in [5.41, 5.74) is 6.63. The molecule has 20 heavy (non-hydrogen) atoms. The summed E-state index contributed by atoms with van der Waals surface area (Å²) in [4.78, 5) is 21.9. The van der Waals surface area contributed by atoms with Crippen LogP contribution in [0.15, 0.2) is 24.3 Å². The average molecular weight is 271 g/mol. The van der Waals surface area contributed by atoms with E-state index in [9.17, 15) is 4.79 Å². The van der Waals surface area contributed by atoms with Gasteiger partial charge in [0.2, 0.25) is 11.9 Å². The van der Waals surface area contributed by atoms with Crippen LogP contribution in [0.2, 0.25) is 0 Å². The van der Waals surface area contributed by atoms with Gasteiger partial charge < -0.3 is 16.0 Å². The molecule has 3 N–H and O–H groups in total. The number of para-hydroxylation sites is 1. The predicted octanol–water partition coefficient (Wildman–Crippen LogP) is 0.927. The molecule has 1 aromatic carbocycles. The Kier molecular flexibility index (Phi) is 3.14. The topological polar surface area (TPSA) is 84.1 Å². The Balaban J connectivity index is 1.93. The molecule has 6 heteroatoms. The average Bonchev–Trinajstić information content (AvgIpc) is 2.85. The van der Waals surface area contributed by atoms with E-state index in [2.05, 4.69) is 20.2 Å². The molecular weight excluding hydrogens is 254 g/mol. The summed E-state index contributed by atoms with van der Waals surface area (Å²) in [6.45, 7) is 3.14. The summed E-state index contributed by atoms with van der Waals surface area (Å²) in [7, 11) is 0. The molecule has 1 atom stereocenters. The normalized spacial score (nSPS) is 18.4. The van der Waals surface area contributed by atoms with Gasteiger partial charge in [0.1, 0.15) is 5.82 Å². The molecule has 0 aliphatic carbocycles. The fourth-order valence-electron chi connectivity index (χ4n) is 2.68. The van der Waals surface area contributed by atoms with E-state index >= 15 is 0 Å². The zero-order valence-electron chi connectivity index (χ0n) is 11.3. The van der Waals surface area contributed by atoms with Crippen molar-refractivity contribution in [3.63, 3.8) is 0 Å². The van der Waals surface area contributed by atoms with Gasteiger partial charge in [-0.1, -0.05) is 12.1 Å². The summed E-state index contributed by atoms with van der Waals surface area (Å²) in [5, 5.41) is 3.94. The third-order valence-electron chi connectivity index (χ3n) is 3.50. The second kappa shape index (κ2) is 4.96. The molecule has 104 valence electrons. The van der Waals surface area contributed by atoms with Gasteiger partial charge in [-0.25, -0.2) is 4.98 Å². The van der Waals surface area contributed by atoms with Gasteiger partial charge in [-0.2, -0.15) is 4.98 Å². The minimum atomic E-state index is 0.00362. The Morgan fingerprint density at radius 3 is 3.00 bits per heavy atom. The molecule has 1 aromatic heterocycles. The lowest BCUT2D eigenvalue weighted by Crippen LogP contribution is -2.35. The molecule has 1 fully saturated rings. The molecule has 0 radical (unpaired) electrons. The first-order valence-corrected chi connectivity index (χ1v) is 6.68. The van der Waals surface area contributed by atoms with Crippen LogP contribution in [-0.2, 0) is 4.79 Å². The molecule has 1 amide bonds. The number of fused-ring (bicyclic) bond motifs is 1. The third-order valence-corrected chi connectivity index (χ3v) is 3.50. The summed E-state index contributed by atoms with van der Waals surface area (Å²) in [5.74, 6) is 1.13. The lowest BCUT2D eigenvalue weighted by Gasteiger charge is -2.19. The molecule has 1 aliphatic rings. The molecule has 0 bridgehead atoms. The zero-order valence-corrected chi connectivity index (χ0v) is 11.3. The van der Waals surface area contributed by atoms with Crippen LogP contribution in [0.1, 0.15) is 13.3 Å². The van der Waals surface area contributed by atoms with Crippen molar-refractivity contribution in [1.29, 1.82) is 0 Å². The molecule has 1 aliphatic heterocycles. The van der Waals surface area contributed by atoms with Crippen molar-refractivity contribution in [2.45, 2.75) is 19.4 Å². The highest BCUT2D eigenvalue weighted by atomic mass is 16.1. The van der Waals surface area contributed by atoms with Gasteiger partial charge in [-0.3, -0.25) is 4.79 Å². The maximum atomic E-state index is 11.1. The van der Waals surface area contributed by atoms with Crippen LogP contribution in [0.4, 0.5) is 11.8 Å². The fourth-order valence-corrected chi connectivity index (χ4v) is 2.68. The van der Waals surface area contributed by atoms with Gasteiger partial charge in [0.05, 0.1) is 5.52 Å². The van der Waals surface area contributed by atoms with E-state index in [1.165, 1.54) is 0 Å². The molecule has 1 saturated heterocycles. The Morgan fingerprint density at radius 2 is 2.20 bits per heavy atom. The lowest BCUT2D eigenvalue weighted by molar-refractivity contribution is -0.119. The molecule has 3 rings (SSSR count). The quantitative estimate of drug-likeness (QED) is 0.848. The molecule has 0 spiro atoms. The van der Waals surface area contributed by atoms with E-state index in [0.717, 1.165) is 36.2 Å². The first-order chi connectivity index (χ1) is 9.63. The Hall–Kier alpha value is -2.37. The Morgan fingerprint density at radius 1 is 1.40 bits per heavy atom. The number of nitrogens with zero attached hydrogens (tertiary/aromatic N) is 3. The Labute approximate surface area is 117 Å². The van der Waals surface area contributed by atoms with Gasteiger partial charge in [0.15, 0.2) is 0 Å². The zero-order chi connectivity index (χ0) is 14.1. The van der Waals surface area contributed by atoms with E-state index in [1.54, 1.807) is 6.92 Å². The minimum Gasteiger partial charge on any atom is -0.368 e. The number of nitrogen functional groups attached to an aromatic ring is 1. The van der Waals surface area contributed by atoms with Gasteiger partial charge in [-0.05, 0) is 18.6 Å². The summed E-state index contributed by atoms with van der Waals surface area (Å²) >= 11 is 0. The van der Waals surface area contributed by atoms with Gasteiger partial charge in [0.25, 0.3) is 0 Å². The van der Waals surface area contributed by atoms with Crippen molar-refractivity contribution in [3.05, 3.63) is 24.3 Å². The number of carbonyl (C=O) groups excluding carboxylic acids is 1. The van der Waals surface area contributed by atoms with Crippen LogP contribution in [0, 0.1) is 0 Å². The molecule has 2 heterocycles. The highest BCUT2D eigenvalue weighted by molar-refractivity contribution is 5.90. The van der Waals surface area contributed by atoms with Gasteiger partial charge in [-0.15, -0.1) is 0 Å². The number of nitrogens with one attached hydrogen (secondary N) is 1. The van der Waals surface area contributed by atoms with Gasteiger partial charge >= 0.3 is 0 Å². The van der Waals surface area contributed by atoms with E-state index in [4.69, 9.17) is 5.73 Å². The Bertz CT molecular complexity index is 657. The number of nitrogens with two attached hydrogens (primary N) is 1. The number of carbonyl (C=O) groups is 1. The molecule has 6 nitrogen and oxygen atoms in total. The molecular formula is C14H17N5O. The van der Waals surface area contributed by atoms with E-state index in [1.807, 2.05) is 24.3 Å². The third kappa shape index (κ3) is 2.36.